The molecule has 27 heavy (non-hydrogen) atoms. The van der Waals surface area contributed by atoms with Gasteiger partial charge in [-0.1, -0.05) is 33.8 Å². The number of rotatable bonds is 1. The van der Waals surface area contributed by atoms with Gasteiger partial charge >= 0.3 is 0 Å². The summed E-state index contributed by atoms with van der Waals surface area (Å²) < 4.78 is 1.56. The highest BCUT2D eigenvalue weighted by Gasteiger charge is 2.15. The molecule has 0 radical (unpaired) electrons. The summed E-state index contributed by atoms with van der Waals surface area (Å²) in [5, 5.41) is 8.12. The molecule has 1 fully saturated rings. The molecule has 1 aliphatic rings. The van der Waals surface area contributed by atoms with Crippen molar-refractivity contribution in [2.45, 2.75) is 41.5 Å². The van der Waals surface area contributed by atoms with E-state index in [1.54, 1.807) is 24.0 Å². The van der Waals surface area contributed by atoms with Crippen molar-refractivity contribution in [3.05, 3.63) is 52.1 Å². The molecule has 0 saturated carbocycles. The monoisotopic (exact) mass is 375 g/mol. The van der Waals surface area contributed by atoms with Crippen LogP contribution in [0, 0.1) is 13.8 Å². The van der Waals surface area contributed by atoms with E-state index in [4.69, 9.17) is 0 Å². The van der Waals surface area contributed by atoms with Gasteiger partial charge in [-0.15, -0.1) is 5.10 Å². The van der Waals surface area contributed by atoms with Crippen molar-refractivity contribution >= 4 is 5.82 Å². The Morgan fingerprint density at radius 1 is 0.963 bits per heavy atom. The van der Waals surface area contributed by atoms with Crippen molar-refractivity contribution in [1.82, 2.24) is 19.7 Å². The van der Waals surface area contributed by atoms with Gasteiger partial charge in [0.15, 0.2) is 5.82 Å². The number of piperazine rings is 1. The molecule has 1 saturated heterocycles. The Hall–Kier alpha value is -2.21. The summed E-state index contributed by atoms with van der Waals surface area (Å²) in [6.07, 6.45) is 3.54. The first-order valence-corrected chi connectivity index (χ1v) is 9.82. The minimum atomic E-state index is 0.0810. The molecular formula is C21H37N5O. The lowest BCUT2D eigenvalue weighted by atomic mass is 10.3. The molecule has 0 atom stereocenters. The Morgan fingerprint density at radius 2 is 1.56 bits per heavy atom. The van der Waals surface area contributed by atoms with Crippen LogP contribution in [0.4, 0.5) is 5.82 Å². The number of likely N-dealkylation sites (N-methyl/N-ethyl adjacent to an activating group) is 1. The van der Waals surface area contributed by atoms with Crippen LogP contribution in [0.25, 0.3) is 0 Å². The fourth-order valence-electron chi connectivity index (χ4n) is 2.37. The molecule has 0 N–H and O–H groups in total. The molecule has 0 unspecified atom stereocenters. The van der Waals surface area contributed by atoms with Gasteiger partial charge in [-0.05, 0) is 38.6 Å². The van der Waals surface area contributed by atoms with Crippen molar-refractivity contribution in [2.75, 3.05) is 38.1 Å². The highest BCUT2D eigenvalue weighted by Crippen LogP contribution is 2.12. The zero-order valence-corrected chi connectivity index (χ0v) is 18.4. The molecule has 2 aromatic heterocycles. The standard InChI is InChI=1S/C10H16N4.C7H9NO.2C2H6/c1-9-7-10(12-11-8-9)14-5-3-13(2)4-6-14;1-6-4-3-5-8(2)7(6)9;2*1-2/h7-8H,3-6H2,1-2H3;3-5H,1-2H3;2*1-2H3. The van der Waals surface area contributed by atoms with Gasteiger partial charge in [0.05, 0.1) is 6.20 Å². The first-order chi connectivity index (χ1) is 13.0. The first kappa shape index (κ1) is 24.8. The number of nitrogens with zero attached hydrogens (tertiary/aromatic N) is 5. The number of pyridine rings is 1. The lowest BCUT2D eigenvalue weighted by Crippen LogP contribution is -2.44. The number of anilines is 1. The predicted molar refractivity (Wildman–Crippen MR) is 116 cm³/mol. The molecule has 1 aliphatic heterocycles. The predicted octanol–water partition coefficient (Wildman–Crippen LogP) is 3.28. The van der Waals surface area contributed by atoms with Gasteiger partial charge in [0, 0.05) is 45.0 Å². The molecular weight excluding hydrogens is 338 g/mol. The normalized spacial score (nSPS) is 13.3. The van der Waals surface area contributed by atoms with E-state index in [-0.39, 0.29) is 5.56 Å². The van der Waals surface area contributed by atoms with E-state index >= 15 is 0 Å². The Kier molecular flexibility index (Phi) is 12.8. The minimum absolute atomic E-state index is 0.0810. The fraction of sp³-hybridized carbons (Fsp3) is 0.571. The molecule has 0 bridgehead atoms. The summed E-state index contributed by atoms with van der Waals surface area (Å²) in [6.45, 7) is 16.2. The lowest BCUT2D eigenvalue weighted by molar-refractivity contribution is 0.311. The average molecular weight is 376 g/mol. The Morgan fingerprint density at radius 3 is 2.04 bits per heavy atom. The smallest absolute Gasteiger partial charge is 0.253 e. The van der Waals surface area contributed by atoms with Crippen LogP contribution in [-0.2, 0) is 7.05 Å². The van der Waals surface area contributed by atoms with Crippen LogP contribution in [0.3, 0.4) is 0 Å². The van der Waals surface area contributed by atoms with Crippen molar-refractivity contribution in [3.63, 3.8) is 0 Å². The second kappa shape index (κ2) is 13.9. The quantitative estimate of drug-likeness (QED) is 0.766. The van der Waals surface area contributed by atoms with E-state index in [9.17, 15) is 4.79 Å². The third kappa shape index (κ3) is 8.82. The van der Waals surface area contributed by atoms with Crippen molar-refractivity contribution in [3.8, 4) is 0 Å². The molecule has 0 aliphatic carbocycles. The van der Waals surface area contributed by atoms with Crippen LogP contribution in [0.2, 0.25) is 0 Å². The van der Waals surface area contributed by atoms with Gasteiger partial charge in [0.25, 0.3) is 5.56 Å². The molecule has 152 valence electrons. The maximum atomic E-state index is 10.9. The van der Waals surface area contributed by atoms with Crippen molar-refractivity contribution < 1.29 is 0 Å². The number of aryl methyl sites for hydroxylation is 3. The summed E-state index contributed by atoms with van der Waals surface area (Å²) in [5.41, 5.74) is 2.05. The van der Waals surface area contributed by atoms with Crippen LogP contribution in [0.5, 0.6) is 0 Å². The maximum absolute atomic E-state index is 10.9. The third-order valence-corrected chi connectivity index (χ3v) is 3.92. The molecule has 3 rings (SSSR count). The summed E-state index contributed by atoms with van der Waals surface area (Å²) in [7, 11) is 3.90. The Bertz CT molecular complexity index is 668. The second-order valence-corrected chi connectivity index (χ2v) is 5.99. The minimum Gasteiger partial charge on any atom is -0.353 e. The van der Waals surface area contributed by atoms with Gasteiger partial charge in [-0.25, -0.2) is 0 Å². The van der Waals surface area contributed by atoms with E-state index in [1.807, 2.05) is 53.7 Å². The van der Waals surface area contributed by atoms with Gasteiger partial charge in [-0.2, -0.15) is 5.10 Å². The highest BCUT2D eigenvalue weighted by molar-refractivity contribution is 5.39. The molecule has 6 nitrogen and oxygen atoms in total. The first-order valence-electron chi connectivity index (χ1n) is 9.82. The van der Waals surface area contributed by atoms with E-state index in [0.29, 0.717) is 0 Å². The largest absolute Gasteiger partial charge is 0.353 e. The van der Waals surface area contributed by atoms with Crippen LogP contribution in [0.1, 0.15) is 38.8 Å². The summed E-state index contributed by atoms with van der Waals surface area (Å²) in [6, 6.07) is 5.76. The second-order valence-electron chi connectivity index (χ2n) is 5.99. The molecule has 0 amide bonds. The topological polar surface area (TPSA) is 54.3 Å². The number of aromatic nitrogens is 3. The maximum Gasteiger partial charge on any atom is 0.253 e. The zero-order chi connectivity index (χ0) is 20.8. The lowest BCUT2D eigenvalue weighted by Gasteiger charge is -2.32. The molecule has 0 spiro atoms. The molecule has 2 aromatic rings. The van der Waals surface area contributed by atoms with E-state index in [0.717, 1.165) is 37.6 Å². The summed E-state index contributed by atoms with van der Waals surface area (Å²) in [5.74, 6) is 1.01. The Labute approximate surface area is 164 Å². The van der Waals surface area contributed by atoms with E-state index in [1.165, 1.54) is 5.56 Å². The van der Waals surface area contributed by atoms with Crippen LogP contribution >= 0.6 is 0 Å². The van der Waals surface area contributed by atoms with E-state index < -0.39 is 0 Å². The van der Waals surface area contributed by atoms with Gasteiger partial charge in [0.1, 0.15) is 0 Å². The number of hydrogen-bond donors (Lipinski definition) is 0. The van der Waals surface area contributed by atoms with E-state index in [2.05, 4.69) is 33.1 Å². The Balaban J connectivity index is 0.000000451. The highest BCUT2D eigenvalue weighted by atomic mass is 16.1. The molecule has 0 aromatic carbocycles. The SMILES string of the molecule is CC.CC.Cc1cccn(C)c1=O.Cc1cnnc(N2CCN(C)CC2)c1. The van der Waals surface area contributed by atoms with Crippen molar-refractivity contribution in [1.29, 1.82) is 0 Å². The zero-order valence-electron chi connectivity index (χ0n) is 18.4. The van der Waals surface area contributed by atoms with Gasteiger partial charge < -0.3 is 14.4 Å². The molecule has 6 heteroatoms. The fourth-order valence-corrected chi connectivity index (χ4v) is 2.37. The van der Waals surface area contributed by atoms with Crippen LogP contribution in [-0.4, -0.2) is 52.9 Å². The summed E-state index contributed by atoms with van der Waals surface area (Å²) >= 11 is 0. The number of hydrogen-bond acceptors (Lipinski definition) is 5. The van der Waals surface area contributed by atoms with Gasteiger partial charge in [0.2, 0.25) is 0 Å². The van der Waals surface area contributed by atoms with Crippen molar-refractivity contribution in [2.24, 2.45) is 7.05 Å². The molecule has 3 heterocycles. The van der Waals surface area contributed by atoms with Gasteiger partial charge in [-0.3, -0.25) is 4.79 Å². The third-order valence-electron chi connectivity index (χ3n) is 3.92. The average Bonchev–Trinajstić information content (AvgIpc) is 2.70. The van der Waals surface area contributed by atoms with Crippen LogP contribution < -0.4 is 10.5 Å². The van der Waals surface area contributed by atoms with Crippen LogP contribution in [0.15, 0.2) is 35.4 Å². The summed E-state index contributed by atoms with van der Waals surface area (Å²) in [4.78, 5) is 15.6.